The van der Waals surface area contributed by atoms with E-state index in [1.54, 1.807) is 23.7 Å². The summed E-state index contributed by atoms with van der Waals surface area (Å²) < 4.78 is 1.55. The maximum atomic E-state index is 12.6. The van der Waals surface area contributed by atoms with Crippen LogP contribution in [-0.4, -0.2) is 10.4 Å². The molecule has 1 aromatic heterocycles. The van der Waals surface area contributed by atoms with E-state index < -0.39 is 0 Å². The highest BCUT2D eigenvalue weighted by molar-refractivity contribution is 6.15. The normalized spacial score (nSPS) is 10.7. The Kier molecular flexibility index (Phi) is 2.95. The lowest BCUT2D eigenvalue weighted by Gasteiger charge is -2.09. The molecule has 0 aliphatic carbocycles. The second-order valence-electron chi connectivity index (χ2n) is 4.67. The van der Waals surface area contributed by atoms with Crippen LogP contribution in [0.4, 0.5) is 0 Å². The summed E-state index contributed by atoms with van der Waals surface area (Å²) in [5.41, 5.74) is 1.63. The molecule has 20 heavy (non-hydrogen) atoms. The van der Waals surface area contributed by atoms with Gasteiger partial charge in [0.25, 0.3) is 5.56 Å². The topological polar surface area (TPSA) is 39.1 Å². The van der Waals surface area contributed by atoms with E-state index in [4.69, 9.17) is 0 Å². The van der Waals surface area contributed by atoms with Crippen molar-refractivity contribution in [1.29, 1.82) is 0 Å². The Bertz CT molecular complexity index is 848. The van der Waals surface area contributed by atoms with Crippen LogP contribution in [0.3, 0.4) is 0 Å². The zero-order valence-corrected chi connectivity index (χ0v) is 11.0. The standard InChI is InChI=1S/C17H13NO2/c1-18-15-10-6-5-9-13(15)14(11-16(18)19)17(20)12-7-3-2-4-8-12/h2-11H,1H3. The van der Waals surface area contributed by atoms with Crippen LogP contribution in [0.5, 0.6) is 0 Å². The van der Waals surface area contributed by atoms with Gasteiger partial charge in [0.1, 0.15) is 0 Å². The molecule has 0 atom stereocenters. The van der Waals surface area contributed by atoms with Crippen LogP contribution in [0.25, 0.3) is 10.9 Å². The van der Waals surface area contributed by atoms with Crippen molar-refractivity contribution >= 4 is 16.7 Å². The second kappa shape index (κ2) is 4.78. The lowest BCUT2D eigenvalue weighted by Crippen LogP contribution is -2.19. The number of carbonyl (C=O) groups excluding carboxylic acids is 1. The summed E-state index contributed by atoms with van der Waals surface area (Å²) in [4.78, 5) is 24.6. The third-order valence-electron chi connectivity index (χ3n) is 3.43. The maximum absolute atomic E-state index is 12.6. The van der Waals surface area contributed by atoms with E-state index in [9.17, 15) is 9.59 Å². The third kappa shape index (κ3) is 1.93. The first kappa shape index (κ1) is 12.4. The molecule has 0 aliphatic rings. The Labute approximate surface area is 116 Å². The van der Waals surface area contributed by atoms with E-state index in [-0.39, 0.29) is 11.3 Å². The highest BCUT2D eigenvalue weighted by Crippen LogP contribution is 2.19. The fourth-order valence-corrected chi connectivity index (χ4v) is 2.34. The molecule has 3 nitrogen and oxygen atoms in total. The van der Waals surface area contributed by atoms with Crippen LogP contribution >= 0.6 is 0 Å². The van der Waals surface area contributed by atoms with Crippen molar-refractivity contribution in [3.05, 3.63) is 82.1 Å². The first-order valence-electron chi connectivity index (χ1n) is 6.37. The maximum Gasteiger partial charge on any atom is 0.251 e. The fourth-order valence-electron chi connectivity index (χ4n) is 2.34. The van der Waals surface area contributed by atoms with E-state index in [1.807, 2.05) is 42.5 Å². The van der Waals surface area contributed by atoms with Crippen molar-refractivity contribution in [3.8, 4) is 0 Å². The van der Waals surface area contributed by atoms with Gasteiger partial charge in [0, 0.05) is 29.6 Å². The molecule has 0 bridgehead atoms. The number of benzene rings is 2. The van der Waals surface area contributed by atoms with Gasteiger partial charge in [0.15, 0.2) is 5.78 Å². The molecule has 0 spiro atoms. The molecular formula is C17H13NO2. The summed E-state index contributed by atoms with van der Waals surface area (Å²) in [7, 11) is 1.71. The predicted molar refractivity (Wildman–Crippen MR) is 79.1 cm³/mol. The largest absolute Gasteiger partial charge is 0.311 e. The number of fused-ring (bicyclic) bond motifs is 1. The Morgan fingerprint density at radius 2 is 1.60 bits per heavy atom. The molecule has 0 amide bonds. The van der Waals surface area contributed by atoms with Crippen LogP contribution in [0.2, 0.25) is 0 Å². The smallest absolute Gasteiger partial charge is 0.251 e. The minimum absolute atomic E-state index is 0.125. The average Bonchev–Trinajstić information content (AvgIpc) is 2.51. The molecule has 0 unspecified atom stereocenters. The van der Waals surface area contributed by atoms with Gasteiger partial charge in [0.2, 0.25) is 0 Å². The molecule has 2 aromatic carbocycles. The van der Waals surface area contributed by atoms with Crippen LogP contribution in [0.1, 0.15) is 15.9 Å². The van der Waals surface area contributed by atoms with E-state index in [2.05, 4.69) is 0 Å². The van der Waals surface area contributed by atoms with Crippen molar-refractivity contribution in [2.75, 3.05) is 0 Å². The average molecular weight is 263 g/mol. The quantitative estimate of drug-likeness (QED) is 0.667. The lowest BCUT2D eigenvalue weighted by molar-refractivity contribution is 0.104. The molecule has 0 fully saturated rings. The molecule has 0 radical (unpaired) electrons. The molecule has 0 N–H and O–H groups in total. The molecular weight excluding hydrogens is 250 g/mol. The zero-order valence-electron chi connectivity index (χ0n) is 11.0. The summed E-state index contributed by atoms with van der Waals surface area (Å²) >= 11 is 0. The number of para-hydroxylation sites is 1. The first-order chi connectivity index (χ1) is 9.68. The summed E-state index contributed by atoms with van der Waals surface area (Å²) in [6.45, 7) is 0. The van der Waals surface area contributed by atoms with Gasteiger partial charge in [-0.25, -0.2) is 0 Å². The number of aromatic nitrogens is 1. The van der Waals surface area contributed by atoms with E-state index in [1.165, 1.54) is 6.07 Å². The van der Waals surface area contributed by atoms with Gasteiger partial charge in [0.05, 0.1) is 5.52 Å². The van der Waals surface area contributed by atoms with Crippen LogP contribution in [-0.2, 0) is 7.05 Å². The van der Waals surface area contributed by atoms with Gasteiger partial charge in [-0.15, -0.1) is 0 Å². The Hall–Kier alpha value is -2.68. The molecule has 0 saturated carbocycles. The third-order valence-corrected chi connectivity index (χ3v) is 3.43. The monoisotopic (exact) mass is 263 g/mol. The van der Waals surface area contributed by atoms with Gasteiger partial charge >= 0.3 is 0 Å². The van der Waals surface area contributed by atoms with Crippen LogP contribution in [0.15, 0.2) is 65.5 Å². The summed E-state index contributed by atoms with van der Waals surface area (Å²) in [5.74, 6) is -0.125. The minimum Gasteiger partial charge on any atom is -0.311 e. The Balaban J connectivity index is 2.30. The van der Waals surface area contributed by atoms with Gasteiger partial charge in [-0.1, -0.05) is 48.5 Å². The number of ketones is 1. The summed E-state index contributed by atoms with van der Waals surface area (Å²) in [5, 5.41) is 0.795. The van der Waals surface area contributed by atoms with Gasteiger partial charge in [-0.2, -0.15) is 0 Å². The number of carbonyl (C=O) groups is 1. The number of pyridine rings is 1. The number of aryl methyl sites for hydroxylation is 1. The summed E-state index contributed by atoms with van der Waals surface area (Å²) in [6.07, 6.45) is 0. The Morgan fingerprint density at radius 1 is 0.950 bits per heavy atom. The molecule has 3 rings (SSSR count). The molecule has 0 aliphatic heterocycles. The van der Waals surface area contributed by atoms with Crippen LogP contribution < -0.4 is 5.56 Å². The van der Waals surface area contributed by atoms with E-state index >= 15 is 0 Å². The van der Waals surface area contributed by atoms with Gasteiger partial charge < -0.3 is 4.57 Å². The zero-order chi connectivity index (χ0) is 14.1. The van der Waals surface area contributed by atoms with Gasteiger partial charge in [-0.3, -0.25) is 9.59 Å². The van der Waals surface area contributed by atoms with E-state index in [0.29, 0.717) is 11.1 Å². The van der Waals surface area contributed by atoms with E-state index in [0.717, 1.165) is 10.9 Å². The SMILES string of the molecule is Cn1c(=O)cc(C(=O)c2ccccc2)c2ccccc21. The lowest BCUT2D eigenvalue weighted by atomic mass is 10.00. The van der Waals surface area contributed by atoms with Crippen molar-refractivity contribution in [2.45, 2.75) is 0 Å². The minimum atomic E-state index is -0.178. The number of hydrogen-bond donors (Lipinski definition) is 0. The molecule has 0 saturated heterocycles. The second-order valence-corrected chi connectivity index (χ2v) is 4.67. The number of rotatable bonds is 2. The van der Waals surface area contributed by atoms with Crippen molar-refractivity contribution in [1.82, 2.24) is 4.57 Å². The fraction of sp³-hybridized carbons (Fsp3) is 0.0588. The predicted octanol–water partition coefficient (Wildman–Crippen LogP) is 2.77. The molecule has 98 valence electrons. The number of hydrogen-bond acceptors (Lipinski definition) is 2. The van der Waals surface area contributed by atoms with Crippen molar-refractivity contribution in [2.24, 2.45) is 7.05 Å². The number of nitrogens with zero attached hydrogens (tertiary/aromatic N) is 1. The Morgan fingerprint density at radius 3 is 2.35 bits per heavy atom. The molecule has 3 heteroatoms. The van der Waals surface area contributed by atoms with Gasteiger partial charge in [-0.05, 0) is 6.07 Å². The van der Waals surface area contributed by atoms with Crippen LogP contribution in [0, 0.1) is 0 Å². The molecule has 1 heterocycles. The summed E-state index contributed by atoms with van der Waals surface area (Å²) in [6, 6.07) is 17.9. The highest BCUT2D eigenvalue weighted by Gasteiger charge is 2.14. The van der Waals surface area contributed by atoms with Crippen molar-refractivity contribution < 1.29 is 4.79 Å². The van der Waals surface area contributed by atoms with Crippen molar-refractivity contribution in [3.63, 3.8) is 0 Å². The highest BCUT2D eigenvalue weighted by atomic mass is 16.1. The molecule has 3 aromatic rings. The first-order valence-corrected chi connectivity index (χ1v) is 6.37.